The molecule has 10 heteroatoms. The Morgan fingerprint density at radius 1 is 0.689 bits per heavy atom. The summed E-state index contributed by atoms with van der Waals surface area (Å²) in [5.41, 5.74) is 0. The molecule has 0 radical (unpaired) electrons. The second-order valence-corrected chi connectivity index (χ2v) is 13.0. The highest BCUT2D eigenvalue weighted by atomic mass is 31.2. The summed E-state index contributed by atoms with van der Waals surface area (Å²) in [5, 5.41) is 9.51. The summed E-state index contributed by atoms with van der Waals surface area (Å²) >= 11 is 0. The van der Waals surface area contributed by atoms with Crippen molar-refractivity contribution in [1.29, 1.82) is 0 Å². The first-order valence-electron chi connectivity index (χ1n) is 16.9. The lowest BCUT2D eigenvalue weighted by Crippen LogP contribution is -2.29. The number of rotatable bonds is 29. The summed E-state index contributed by atoms with van der Waals surface area (Å²) in [6, 6.07) is 0. The van der Waals surface area contributed by atoms with Crippen LogP contribution in [0.4, 0.5) is 0 Å². The van der Waals surface area contributed by atoms with Crippen LogP contribution in [0.5, 0.6) is 0 Å². The number of carbonyl (C=O) groups excluding carboxylic acids is 2. The predicted octanol–water partition coefficient (Wildman–Crippen LogP) is 8.44. The second kappa shape index (κ2) is 29.4. The molecule has 0 rings (SSSR count). The summed E-state index contributed by atoms with van der Waals surface area (Å²) in [5.74, 6) is -0.253. The van der Waals surface area contributed by atoms with Gasteiger partial charge < -0.3 is 24.4 Å². The monoisotopic (exact) mass is 656 g/mol. The van der Waals surface area contributed by atoms with Gasteiger partial charge in [-0.3, -0.25) is 14.1 Å². The molecule has 0 saturated heterocycles. The fourth-order valence-electron chi connectivity index (χ4n) is 4.23. The highest BCUT2D eigenvalue weighted by Gasteiger charge is 2.22. The van der Waals surface area contributed by atoms with Crippen LogP contribution in [0.2, 0.25) is 0 Å². The minimum Gasteiger partial charge on any atom is -0.462 e. The van der Waals surface area contributed by atoms with Gasteiger partial charge in [-0.25, -0.2) is 4.57 Å². The van der Waals surface area contributed by atoms with Gasteiger partial charge in [-0.1, -0.05) is 108 Å². The summed E-state index contributed by atoms with van der Waals surface area (Å²) < 4.78 is 26.1. The Kier molecular flexibility index (Phi) is 28.1. The van der Waals surface area contributed by atoms with Crippen molar-refractivity contribution in [3.63, 3.8) is 0 Å². The molecule has 0 fully saturated rings. The Hall–Kier alpha value is -2.03. The van der Waals surface area contributed by atoms with Gasteiger partial charge >= 0.3 is 19.8 Å². The molecule has 0 saturated carbocycles. The fraction of sp³-hybridized carbons (Fsp3) is 0.714. The van der Waals surface area contributed by atoms with Crippen molar-refractivity contribution in [2.24, 2.45) is 5.92 Å². The number of allylic oxidation sites excluding steroid dienone is 8. The molecule has 0 unspecified atom stereocenters. The maximum Gasteiger partial charge on any atom is 0.469 e. The third-order valence-electron chi connectivity index (χ3n) is 6.94. The van der Waals surface area contributed by atoms with Crippen molar-refractivity contribution in [2.45, 2.75) is 142 Å². The van der Waals surface area contributed by atoms with E-state index in [1.807, 2.05) is 19.1 Å². The average molecular weight is 657 g/mol. The molecule has 45 heavy (non-hydrogen) atoms. The highest BCUT2D eigenvalue weighted by molar-refractivity contribution is 7.46. The van der Waals surface area contributed by atoms with Crippen molar-refractivity contribution >= 4 is 19.8 Å². The maximum absolute atomic E-state index is 12.3. The number of carbonyl (C=O) groups is 2. The van der Waals surface area contributed by atoms with E-state index in [0.717, 1.165) is 63.7 Å². The van der Waals surface area contributed by atoms with E-state index in [-0.39, 0.29) is 25.6 Å². The molecule has 0 amide bonds. The lowest BCUT2D eigenvalue weighted by molar-refractivity contribution is -0.161. The van der Waals surface area contributed by atoms with Crippen LogP contribution in [0.1, 0.15) is 130 Å². The van der Waals surface area contributed by atoms with Gasteiger partial charge in [0, 0.05) is 12.8 Å². The maximum atomic E-state index is 12.3. The van der Waals surface area contributed by atoms with E-state index in [1.165, 1.54) is 19.3 Å². The first kappa shape index (κ1) is 43.0. The van der Waals surface area contributed by atoms with Crippen molar-refractivity contribution in [3.8, 4) is 0 Å². The zero-order chi connectivity index (χ0) is 33.6. The SMILES string of the molecule is CC[C@@H](O)CC/C=C\C/C=C\C/C=C\C/C=C\CCCC(=O)O[C@H](COC(=O)CCCCCCCCC(C)C)COP(=O)(O)O. The largest absolute Gasteiger partial charge is 0.469 e. The summed E-state index contributed by atoms with van der Waals surface area (Å²) in [7, 11) is -4.77. The molecule has 0 aliphatic carbocycles. The lowest BCUT2D eigenvalue weighted by Gasteiger charge is -2.18. The smallest absolute Gasteiger partial charge is 0.462 e. The first-order chi connectivity index (χ1) is 21.5. The molecule has 3 N–H and O–H groups in total. The van der Waals surface area contributed by atoms with E-state index in [2.05, 4.69) is 54.8 Å². The summed E-state index contributed by atoms with van der Waals surface area (Å²) in [6.07, 6.45) is 29.6. The van der Waals surface area contributed by atoms with Gasteiger partial charge in [0.05, 0.1) is 12.7 Å². The molecule has 260 valence electrons. The molecule has 0 aromatic heterocycles. The van der Waals surface area contributed by atoms with Gasteiger partial charge in [-0.2, -0.15) is 0 Å². The van der Waals surface area contributed by atoms with E-state index >= 15 is 0 Å². The van der Waals surface area contributed by atoms with Crippen molar-refractivity contribution in [1.82, 2.24) is 0 Å². The molecule has 0 spiro atoms. The zero-order valence-electron chi connectivity index (χ0n) is 28.0. The molecule has 0 aliphatic heterocycles. The molecule has 0 aromatic rings. The Bertz CT molecular complexity index is 905. The number of aliphatic hydroxyl groups excluding tert-OH is 1. The van der Waals surface area contributed by atoms with Gasteiger partial charge in [0.1, 0.15) is 6.61 Å². The Labute approximate surface area is 272 Å². The Morgan fingerprint density at radius 3 is 1.80 bits per heavy atom. The number of aliphatic hydroxyl groups is 1. The van der Waals surface area contributed by atoms with E-state index in [9.17, 15) is 19.3 Å². The lowest BCUT2D eigenvalue weighted by atomic mass is 10.0. The van der Waals surface area contributed by atoms with Gasteiger partial charge in [-0.15, -0.1) is 0 Å². The zero-order valence-corrected chi connectivity index (χ0v) is 28.9. The molecular weight excluding hydrogens is 595 g/mol. The van der Waals surface area contributed by atoms with E-state index in [4.69, 9.17) is 19.3 Å². The predicted molar refractivity (Wildman–Crippen MR) is 180 cm³/mol. The van der Waals surface area contributed by atoms with Crippen LogP contribution < -0.4 is 0 Å². The van der Waals surface area contributed by atoms with Crippen LogP contribution >= 0.6 is 7.82 Å². The average Bonchev–Trinajstić information content (AvgIpc) is 2.98. The number of esters is 2. The normalized spacial score (nSPS) is 13.9. The molecule has 0 aromatic carbocycles. The molecule has 9 nitrogen and oxygen atoms in total. The molecule has 2 atom stereocenters. The van der Waals surface area contributed by atoms with Crippen molar-refractivity contribution in [2.75, 3.05) is 13.2 Å². The number of phosphoric ester groups is 1. The van der Waals surface area contributed by atoms with Crippen LogP contribution in [0.25, 0.3) is 0 Å². The van der Waals surface area contributed by atoms with Crippen LogP contribution in [-0.2, 0) is 28.2 Å². The third kappa shape index (κ3) is 33.2. The third-order valence-corrected chi connectivity index (χ3v) is 7.43. The van der Waals surface area contributed by atoms with Gasteiger partial charge in [0.25, 0.3) is 0 Å². The van der Waals surface area contributed by atoms with Crippen LogP contribution in [0, 0.1) is 5.92 Å². The molecule has 0 aliphatic rings. The van der Waals surface area contributed by atoms with Crippen LogP contribution in [-0.4, -0.2) is 52.3 Å². The minimum atomic E-state index is -4.77. The molecule has 0 bridgehead atoms. The van der Waals surface area contributed by atoms with Crippen LogP contribution in [0.3, 0.4) is 0 Å². The Balaban J connectivity index is 4.15. The molecule has 0 heterocycles. The quantitative estimate of drug-likeness (QED) is 0.0313. The fourth-order valence-corrected chi connectivity index (χ4v) is 4.59. The number of phosphoric acid groups is 1. The Morgan fingerprint density at radius 2 is 1.22 bits per heavy atom. The number of ether oxygens (including phenoxy) is 2. The van der Waals surface area contributed by atoms with Crippen molar-refractivity contribution < 1.29 is 43.0 Å². The summed E-state index contributed by atoms with van der Waals surface area (Å²) in [6.45, 7) is 5.55. The summed E-state index contributed by atoms with van der Waals surface area (Å²) in [4.78, 5) is 42.4. The first-order valence-corrected chi connectivity index (χ1v) is 18.4. The van der Waals surface area contributed by atoms with Crippen molar-refractivity contribution in [3.05, 3.63) is 48.6 Å². The second-order valence-electron chi connectivity index (χ2n) is 11.8. The van der Waals surface area contributed by atoms with Gasteiger partial charge in [0.2, 0.25) is 0 Å². The number of unbranched alkanes of at least 4 members (excludes halogenated alkanes) is 6. The topological polar surface area (TPSA) is 140 Å². The van der Waals surface area contributed by atoms with E-state index in [0.29, 0.717) is 19.3 Å². The highest BCUT2D eigenvalue weighted by Crippen LogP contribution is 2.35. The minimum absolute atomic E-state index is 0.121. The standard InChI is InChI=1S/C35H61O9P/c1-4-32(36)26-22-18-13-11-9-7-5-6-8-10-12-14-20-24-28-35(38)44-33(30-43-45(39,40)41)29-42-34(37)27-23-19-16-15-17-21-25-31(2)3/h6-9,12-14,18,31-33,36H,4-5,10-11,15-17,19-30H2,1-3H3,(H2,39,40,41)/b8-6-,9-7-,14-12-,18-13-/t32-,33-/m1/s1. The van der Waals surface area contributed by atoms with Gasteiger partial charge in [-0.05, 0) is 63.7 Å². The van der Waals surface area contributed by atoms with E-state index < -0.39 is 32.5 Å². The number of hydrogen-bond acceptors (Lipinski definition) is 7. The van der Waals surface area contributed by atoms with Crippen LogP contribution in [0.15, 0.2) is 48.6 Å². The number of hydrogen-bond donors (Lipinski definition) is 3. The van der Waals surface area contributed by atoms with Gasteiger partial charge in [0.15, 0.2) is 6.10 Å². The molecular formula is C35H61O9P. The van der Waals surface area contributed by atoms with E-state index in [1.54, 1.807) is 0 Å².